The fourth-order valence-corrected chi connectivity index (χ4v) is 2.45. The minimum Gasteiger partial charge on any atom is -0.333 e. The first kappa shape index (κ1) is 12.9. The standard InChI is InChI=1S/C17H19N3/c1-11(2)13-5-6-18-16(9-13)15-8-14-7-12(3)20(4)17(14)19-10-15/h5-11H,1-4H3. The van der Waals surface area contributed by atoms with Gasteiger partial charge in [-0.25, -0.2) is 4.98 Å². The van der Waals surface area contributed by atoms with Crippen molar-refractivity contribution in [1.29, 1.82) is 0 Å². The molecule has 0 fully saturated rings. The van der Waals surface area contributed by atoms with Crippen LogP contribution < -0.4 is 0 Å². The third-order valence-electron chi connectivity index (χ3n) is 3.85. The zero-order valence-corrected chi connectivity index (χ0v) is 12.4. The predicted octanol–water partition coefficient (Wildman–Crippen LogP) is 4.07. The highest BCUT2D eigenvalue weighted by Crippen LogP contribution is 2.25. The molecule has 0 radical (unpaired) electrons. The molecule has 3 nitrogen and oxygen atoms in total. The topological polar surface area (TPSA) is 30.7 Å². The maximum atomic E-state index is 4.58. The minimum atomic E-state index is 0.507. The summed E-state index contributed by atoms with van der Waals surface area (Å²) in [6.07, 6.45) is 3.79. The molecule has 3 heterocycles. The second kappa shape index (κ2) is 4.75. The number of pyridine rings is 2. The van der Waals surface area contributed by atoms with Gasteiger partial charge in [-0.15, -0.1) is 0 Å². The molecule has 20 heavy (non-hydrogen) atoms. The van der Waals surface area contributed by atoms with E-state index in [0.717, 1.165) is 16.9 Å². The summed E-state index contributed by atoms with van der Waals surface area (Å²) in [7, 11) is 2.04. The first-order chi connectivity index (χ1) is 9.56. The van der Waals surface area contributed by atoms with Gasteiger partial charge < -0.3 is 4.57 Å². The highest BCUT2D eigenvalue weighted by atomic mass is 15.0. The van der Waals surface area contributed by atoms with E-state index in [1.165, 1.54) is 16.6 Å². The first-order valence-electron chi connectivity index (χ1n) is 6.94. The van der Waals surface area contributed by atoms with E-state index in [1.807, 2.05) is 19.4 Å². The molecule has 0 saturated heterocycles. The van der Waals surface area contributed by atoms with Crippen molar-refractivity contribution in [3.05, 3.63) is 47.9 Å². The van der Waals surface area contributed by atoms with Crippen molar-refractivity contribution in [2.75, 3.05) is 0 Å². The summed E-state index contributed by atoms with van der Waals surface area (Å²) in [5, 5.41) is 1.17. The number of hydrogen-bond acceptors (Lipinski definition) is 2. The number of aromatic nitrogens is 3. The Morgan fingerprint density at radius 1 is 1.10 bits per heavy atom. The Hall–Kier alpha value is -2.16. The molecule has 3 heteroatoms. The van der Waals surface area contributed by atoms with Crippen LogP contribution in [0.3, 0.4) is 0 Å². The van der Waals surface area contributed by atoms with Crippen molar-refractivity contribution >= 4 is 11.0 Å². The molecule has 3 aromatic heterocycles. The van der Waals surface area contributed by atoms with Gasteiger partial charge in [0.2, 0.25) is 0 Å². The smallest absolute Gasteiger partial charge is 0.139 e. The molecule has 3 rings (SSSR count). The van der Waals surface area contributed by atoms with Crippen LogP contribution in [0.15, 0.2) is 36.7 Å². The van der Waals surface area contributed by atoms with Gasteiger partial charge in [0.05, 0.1) is 5.69 Å². The zero-order valence-electron chi connectivity index (χ0n) is 12.4. The molecule has 0 aliphatic carbocycles. The minimum absolute atomic E-state index is 0.507. The van der Waals surface area contributed by atoms with Gasteiger partial charge in [-0.2, -0.15) is 0 Å². The van der Waals surface area contributed by atoms with Crippen molar-refractivity contribution < 1.29 is 0 Å². The molecule has 0 aliphatic heterocycles. The largest absolute Gasteiger partial charge is 0.333 e. The van der Waals surface area contributed by atoms with Crippen molar-refractivity contribution in [3.8, 4) is 11.3 Å². The van der Waals surface area contributed by atoms with Gasteiger partial charge in [0.25, 0.3) is 0 Å². The molecule has 0 atom stereocenters. The van der Waals surface area contributed by atoms with Crippen LogP contribution in [0.1, 0.15) is 31.0 Å². The number of hydrogen-bond donors (Lipinski definition) is 0. The molecule has 0 bridgehead atoms. The van der Waals surface area contributed by atoms with E-state index in [-0.39, 0.29) is 0 Å². The fourth-order valence-electron chi connectivity index (χ4n) is 2.45. The summed E-state index contributed by atoms with van der Waals surface area (Å²) >= 11 is 0. The number of rotatable bonds is 2. The van der Waals surface area contributed by atoms with Gasteiger partial charge in [-0.05, 0) is 42.7 Å². The monoisotopic (exact) mass is 265 g/mol. The summed E-state index contributed by atoms with van der Waals surface area (Å²) in [6.45, 7) is 6.49. The molecule has 0 aromatic carbocycles. The van der Waals surface area contributed by atoms with Gasteiger partial charge >= 0.3 is 0 Å². The molecular weight excluding hydrogens is 246 g/mol. The van der Waals surface area contributed by atoms with Crippen LogP contribution in [0.4, 0.5) is 0 Å². The lowest BCUT2D eigenvalue weighted by molar-refractivity contribution is 0.863. The zero-order chi connectivity index (χ0) is 14.3. The van der Waals surface area contributed by atoms with Gasteiger partial charge in [-0.1, -0.05) is 13.8 Å². The van der Waals surface area contributed by atoms with Crippen LogP contribution in [0.5, 0.6) is 0 Å². The molecule has 0 N–H and O–H groups in total. The molecule has 3 aromatic rings. The summed E-state index contributed by atoms with van der Waals surface area (Å²) in [6, 6.07) is 8.57. The number of nitrogens with zero attached hydrogens (tertiary/aromatic N) is 3. The normalized spacial score (nSPS) is 11.4. The van der Waals surface area contributed by atoms with E-state index >= 15 is 0 Å². The van der Waals surface area contributed by atoms with E-state index in [1.54, 1.807) is 0 Å². The predicted molar refractivity (Wildman–Crippen MR) is 82.8 cm³/mol. The van der Waals surface area contributed by atoms with Gasteiger partial charge in [0.15, 0.2) is 0 Å². The SMILES string of the molecule is Cc1cc2cc(-c3cc(C(C)C)ccn3)cnc2n1C. The van der Waals surface area contributed by atoms with Crippen LogP contribution in [-0.2, 0) is 7.05 Å². The maximum Gasteiger partial charge on any atom is 0.139 e. The Kier molecular flexibility index (Phi) is 3.05. The molecule has 102 valence electrons. The van der Waals surface area contributed by atoms with Crippen LogP contribution in [0, 0.1) is 6.92 Å². The lowest BCUT2D eigenvalue weighted by Crippen LogP contribution is -1.93. The Labute approximate surface area is 119 Å². The number of fused-ring (bicyclic) bond motifs is 1. The summed E-state index contributed by atoms with van der Waals surface area (Å²) in [5.74, 6) is 0.507. The van der Waals surface area contributed by atoms with Gasteiger partial charge in [0.1, 0.15) is 5.65 Å². The van der Waals surface area contributed by atoms with E-state index in [2.05, 4.69) is 59.6 Å². The van der Waals surface area contributed by atoms with E-state index in [9.17, 15) is 0 Å². The summed E-state index contributed by atoms with van der Waals surface area (Å²) in [4.78, 5) is 9.06. The van der Waals surface area contributed by atoms with Gasteiger partial charge in [0, 0.05) is 36.1 Å². The quantitative estimate of drug-likeness (QED) is 0.699. The third kappa shape index (κ3) is 2.09. The maximum absolute atomic E-state index is 4.58. The Bertz CT molecular complexity index is 769. The highest BCUT2D eigenvalue weighted by molar-refractivity contribution is 5.82. The Balaban J connectivity index is 2.12. The summed E-state index contributed by atoms with van der Waals surface area (Å²) < 4.78 is 2.11. The second-order valence-electron chi connectivity index (χ2n) is 5.61. The lowest BCUT2D eigenvalue weighted by atomic mass is 10.0. The van der Waals surface area contributed by atoms with Crippen molar-refractivity contribution in [2.24, 2.45) is 7.05 Å². The van der Waals surface area contributed by atoms with E-state index < -0.39 is 0 Å². The average Bonchev–Trinajstić information content (AvgIpc) is 2.74. The molecule has 0 unspecified atom stereocenters. The Morgan fingerprint density at radius 3 is 2.65 bits per heavy atom. The van der Waals surface area contributed by atoms with Crippen LogP contribution in [0.2, 0.25) is 0 Å². The highest BCUT2D eigenvalue weighted by Gasteiger charge is 2.08. The molecule has 0 aliphatic rings. The van der Waals surface area contributed by atoms with E-state index in [0.29, 0.717) is 5.92 Å². The van der Waals surface area contributed by atoms with Gasteiger partial charge in [-0.3, -0.25) is 4.98 Å². The van der Waals surface area contributed by atoms with E-state index in [4.69, 9.17) is 0 Å². The van der Waals surface area contributed by atoms with Crippen LogP contribution >= 0.6 is 0 Å². The van der Waals surface area contributed by atoms with Crippen LogP contribution in [-0.4, -0.2) is 14.5 Å². The van der Waals surface area contributed by atoms with Crippen molar-refractivity contribution in [3.63, 3.8) is 0 Å². The fraction of sp³-hybridized carbons (Fsp3) is 0.294. The lowest BCUT2D eigenvalue weighted by Gasteiger charge is -2.07. The average molecular weight is 265 g/mol. The molecular formula is C17H19N3. The Morgan fingerprint density at radius 2 is 1.90 bits per heavy atom. The summed E-state index contributed by atoms with van der Waals surface area (Å²) in [5.41, 5.74) is 5.61. The van der Waals surface area contributed by atoms with Crippen LogP contribution in [0.25, 0.3) is 22.3 Å². The molecule has 0 amide bonds. The second-order valence-corrected chi connectivity index (χ2v) is 5.61. The van der Waals surface area contributed by atoms with Crippen molar-refractivity contribution in [2.45, 2.75) is 26.7 Å². The number of aryl methyl sites for hydroxylation is 2. The molecule has 0 spiro atoms. The van der Waals surface area contributed by atoms with Crippen molar-refractivity contribution in [1.82, 2.24) is 14.5 Å². The molecule has 0 saturated carbocycles. The first-order valence-corrected chi connectivity index (χ1v) is 6.94. The third-order valence-corrected chi connectivity index (χ3v) is 3.85.